The molecule has 2 rings (SSSR count). The predicted molar refractivity (Wildman–Crippen MR) is 65.0 cm³/mol. The Bertz CT molecular complexity index is 330. The highest BCUT2D eigenvalue weighted by atomic mass is 32.1. The van der Waals surface area contributed by atoms with Gasteiger partial charge in [0.15, 0.2) is 0 Å². The number of rotatable bonds is 4. The molecule has 0 saturated heterocycles. The summed E-state index contributed by atoms with van der Waals surface area (Å²) < 4.78 is 0. The smallest absolute Gasteiger partial charge is 0.107 e. The van der Waals surface area contributed by atoms with Crippen molar-refractivity contribution in [3.63, 3.8) is 0 Å². The first kappa shape index (κ1) is 10.8. The molecule has 2 nitrogen and oxygen atoms in total. The monoisotopic (exact) mass is 222 g/mol. The topological polar surface area (TPSA) is 24.9 Å². The molecular formula is C12H18N2S. The number of nitrogens with one attached hydrogen (secondary N) is 1. The van der Waals surface area contributed by atoms with Gasteiger partial charge in [-0.1, -0.05) is 12.2 Å². The SMILES string of the molecule is Cc1csc(CNCC2CC=CCC2)n1. The van der Waals surface area contributed by atoms with E-state index in [1.807, 2.05) is 6.92 Å². The molecule has 1 aliphatic rings. The number of aromatic nitrogens is 1. The molecule has 0 spiro atoms. The van der Waals surface area contributed by atoms with Crippen molar-refractivity contribution >= 4 is 11.3 Å². The lowest BCUT2D eigenvalue weighted by molar-refractivity contribution is 0.440. The lowest BCUT2D eigenvalue weighted by atomic mass is 9.94. The van der Waals surface area contributed by atoms with Crippen LogP contribution in [0.4, 0.5) is 0 Å². The normalized spacial score (nSPS) is 20.7. The van der Waals surface area contributed by atoms with Gasteiger partial charge in [-0.05, 0) is 38.6 Å². The third-order valence-electron chi connectivity index (χ3n) is 2.75. The average Bonchev–Trinajstić information content (AvgIpc) is 2.66. The van der Waals surface area contributed by atoms with Crippen molar-refractivity contribution in [3.05, 3.63) is 28.2 Å². The molecule has 1 heterocycles. The number of hydrogen-bond donors (Lipinski definition) is 1. The molecule has 0 radical (unpaired) electrons. The van der Waals surface area contributed by atoms with Gasteiger partial charge in [0, 0.05) is 17.6 Å². The lowest BCUT2D eigenvalue weighted by Gasteiger charge is -2.17. The van der Waals surface area contributed by atoms with E-state index in [4.69, 9.17) is 0 Å². The Hall–Kier alpha value is -0.670. The molecule has 0 fully saturated rings. The zero-order valence-corrected chi connectivity index (χ0v) is 10.0. The molecule has 0 aromatic carbocycles. The fourth-order valence-corrected chi connectivity index (χ4v) is 2.65. The maximum atomic E-state index is 4.44. The lowest BCUT2D eigenvalue weighted by Crippen LogP contribution is -2.23. The molecule has 0 amide bonds. The van der Waals surface area contributed by atoms with E-state index in [2.05, 4.69) is 27.8 Å². The van der Waals surface area contributed by atoms with Crippen LogP contribution in [0, 0.1) is 12.8 Å². The van der Waals surface area contributed by atoms with E-state index in [-0.39, 0.29) is 0 Å². The molecule has 3 heteroatoms. The van der Waals surface area contributed by atoms with Crippen molar-refractivity contribution in [2.45, 2.75) is 32.7 Å². The van der Waals surface area contributed by atoms with Gasteiger partial charge in [-0.3, -0.25) is 0 Å². The molecule has 1 N–H and O–H groups in total. The summed E-state index contributed by atoms with van der Waals surface area (Å²) in [6, 6.07) is 0. The van der Waals surface area contributed by atoms with Gasteiger partial charge in [-0.2, -0.15) is 0 Å². The molecule has 1 aromatic heterocycles. The van der Waals surface area contributed by atoms with E-state index < -0.39 is 0 Å². The van der Waals surface area contributed by atoms with E-state index in [0.717, 1.165) is 24.7 Å². The molecule has 0 aliphatic heterocycles. The van der Waals surface area contributed by atoms with Crippen LogP contribution in [0.1, 0.15) is 30.0 Å². The molecule has 0 bridgehead atoms. The van der Waals surface area contributed by atoms with Crippen LogP contribution in [-0.4, -0.2) is 11.5 Å². The Labute approximate surface area is 95.4 Å². The Kier molecular flexibility index (Phi) is 3.92. The van der Waals surface area contributed by atoms with E-state index >= 15 is 0 Å². The van der Waals surface area contributed by atoms with Gasteiger partial charge in [0.1, 0.15) is 5.01 Å². The summed E-state index contributed by atoms with van der Waals surface area (Å²) in [6.07, 6.45) is 8.43. The second-order valence-electron chi connectivity index (χ2n) is 4.16. The third-order valence-corrected chi connectivity index (χ3v) is 3.72. The van der Waals surface area contributed by atoms with Crippen LogP contribution < -0.4 is 5.32 Å². The Morgan fingerprint density at radius 2 is 2.47 bits per heavy atom. The molecule has 0 saturated carbocycles. The quantitative estimate of drug-likeness (QED) is 0.792. The molecule has 1 aliphatic carbocycles. The maximum absolute atomic E-state index is 4.44. The highest BCUT2D eigenvalue weighted by molar-refractivity contribution is 7.09. The summed E-state index contributed by atoms with van der Waals surface area (Å²) in [5.74, 6) is 0.830. The predicted octanol–water partition coefficient (Wildman–Crippen LogP) is 2.90. The zero-order chi connectivity index (χ0) is 10.5. The molecule has 1 atom stereocenters. The van der Waals surface area contributed by atoms with Gasteiger partial charge >= 0.3 is 0 Å². The summed E-state index contributed by atoms with van der Waals surface area (Å²) in [7, 11) is 0. The first-order chi connectivity index (χ1) is 7.34. The number of allylic oxidation sites excluding steroid dienone is 2. The van der Waals surface area contributed by atoms with Crippen molar-refractivity contribution in [2.75, 3.05) is 6.54 Å². The van der Waals surface area contributed by atoms with E-state index in [1.54, 1.807) is 11.3 Å². The number of hydrogen-bond acceptors (Lipinski definition) is 3. The van der Waals surface area contributed by atoms with E-state index in [9.17, 15) is 0 Å². The molecule has 15 heavy (non-hydrogen) atoms. The first-order valence-corrected chi connectivity index (χ1v) is 6.49. The van der Waals surface area contributed by atoms with Crippen LogP contribution in [0.5, 0.6) is 0 Å². The van der Waals surface area contributed by atoms with Crippen LogP contribution in [-0.2, 0) is 6.54 Å². The molecule has 1 aromatic rings. The number of thiazole rings is 1. The maximum Gasteiger partial charge on any atom is 0.107 e. The van der Waals surface area contributed by atoms with Gasteiger partial charge in [-0.15, -0.1) is 11.3 Å². The minimum atomic E-state index is 0.830. The summed E-state index contributed by atoms with van der Waals surface area (Å²) in [5.41, 5.74) is 1.14. The molecule has 1 unspecified atom stereocenters. The summed E-state index contributed by atoms with van der Waals surface area (Å²) in [4.78, 5) is 4.44. The first-order valence-electron chi connectivity index (χ1n) is 5.61. The van der Waals surface area contributed by atoms with Crippen molar-refractivity contribution in [2.24, 2.45) is 5.92 Å². The standard InChI is InChI=1S/C12H18N2S/c1-10-9-15-12(14-10)8-13-7-11-5-3-2-4-6-11/h2-3,9,11,13H,4-8H2,1H3. The average molecular weight is 222 g/mol. The van der Waals surface area contributed by atoms with Crippen LogP contribution in [0.25, 0.3) is 0 Å². The second-order valence-corrected chi connectivity index (χ2v) is 5.11. The summed E-state index contributed by atoms with van der Waals surface area (Å²) in [5, 5.41) is 6.82. The van der Waals surface area contributed by atoms with Crippen LogP contribution in [0.2, 0.25) is 0 Å². The Balaban J connectivity index is 1.68. The van der Waals surface area contributed by atoms with Gasteiger partial charge in [0.05, 0.1) is 0 Å². The van der Waals surface area contributed by atoms with E-state index in [0.29, 0.717) is 0 Å². The number of aryl methyl sites for hydroxylation is 1. The second kappa shape index (κ2) is 5.42. The zero-order valence-electron chi connectivity index (χ0n) is 9.20. The highest BCUT2D eigenvalue weighted by Gasteiger charge is 2.09. The van der Waals surface area contributed by atoms with Crippen molar-refractivity contribution in [1.29, 1.82) is 0 Å². The summed E-state index contributed by atoms with van der Waals surface area (Å²) >= 11 is 1.75. The van der Waals surface area contributed by atoms with Gasteiger partial charge in [0.25, 0.3) is 0 Å². The largest absolute Gasteiger partial charge is 0.310 e. The fourth-order valence-electron chi connectivity index (χ4n) is 1.91. The van der Waals surface area contributed by atoms with Gasteiger partial charge in [-0.25, -0.2) is 4.98 Å². The van der Waals surface area contributed by atoms with Gasteiger partial charge in [0.2, 0.25) is 0 Å². The van der Waals surface area contributed by atoms with Crippen LogP contribution >= 0.6 is 11.3 Å². The van der Waals surface area contributed by atoms with Crippen molar-refractivity contribution in [1.82, 2.24) is 10.3 Å². The van der Waals surface area contributed by atoms with Crippen molar-refractivity contribution < 1.29 is 0 Å². The van der Waals surface area contributed by atoms with Crippen LogP contribution in [0.15, 0.2) is 17.5 Å². The Morgan fingerprint density at radius 1 is 1.53 bits per heavy atom. The third kappa shape index (κ3) is 3.43. The highest BCUT2D eigenvalue weighted by Crippen LogP contribution is 2.17. The van der Waals surface area contributed by atoms with Crippen molar-refractivity contribution in [3.8, 4) is 0 Å². The van der Waals surface area contributed by atoms with E-state index in [1.165, 1.54) is 24.3 Å². The minimum Gasteiger partial charge on any atom is -0.310 e. The number of nitrogens with zero attached hydrogens (tertiary/aromatic N) is 1. The Morgan fingerprint density at radius 3 is 3.13 bits per heavy atom. The minimum absolute atomic E-state index is 0.830. The van der Waals surface area contributed by atoms with Gasteiger partial charge < -0.3 is 5.32 Å². The van der Waals surface area contributed by atoms with Crippen LogP contribution in [0.3, 0.4) is 0 Å². The fraction of sp³-hybridized carbons (Fsp3) is 0.583. The summed E-state index contributed by atoms with van der Waals surface area (Å²) in [6.45, 7) is 4.10. The molecule has 82 valence electrons. The molecular weight excluding hydrogens is 204 g/mol.